The number of hydrogen-bond acceptors (Lipinski definition) is 4. The third-order valence-corrected chi connectivity index (χ3v) is 4.71. The summed E-state index contributed by atoms with van der Waals surface area (Å²) in [5.41, 5.74) is 10.6. The van der Waals surface area contributed by atoms with E-state index in [0.29, 0.717) is 0 Å². The molecule has 2 nitrogen and oxygen atoms in total. The quantitative estimate of drug-likeness (QED) is 0.749. The summed E-state index contributed by atoms with van der Waals surface area (Å²) in [6.07, 6.45) is 1.80. The molecule has 0 aliphatic rings. The van der Waals surface area contributed by atoms with Gasteiger partial charge in [-0.2, -0.15) is 0 Å². The van der Waals surface area contributed by atoms with Crippen LogP contribution in [0.3, 0.4) is 0 Å². The molecule has 0 saturated heterocycles. The highest BCUT2D eigenvalue weighted by molar-refractivity contribution is 7.17. The fourth-order valence-electron chi connectivity index (χ4n) is 1.96. The lowest BCUT2D eigenvalue weighted by atomic mass is 10.1. The maximum absolute atomic E-state index is 6.11. The Balaban J connectivity index is 2.22. The van der Waals surface area contributed by atoms with Gasteiger partial charge in [0.15, 0.2) is 0 Å². The van der Waals surface area contributed by atoms with E-state index in [0.717, 1.165) is 16.3 Å². The first-order chi connectivity index (χ1) is 8.77. The van der Waals surface area contributed by atoms with Gasteiger partial charge in [0.2, 0.25) is 0 Å². The zero-order valence-corrected chi connectivity index (χ0v) is 11.5. The van der Waals surface area contributed by atoms with Crippen LogP contribution in [0.15, 0.2) is 41.2 Å². The van der Waals surface area contributed by atoms with E-state index in [9.17, 15) is 0 Å². The summed E-state index contributed by atoms with van der Waals surface area (Å²) in [7, 11) is 0. The molecule has 4 heteroatoms. The van der Waals surface area contributed by atoms with E-state index in [1.807, 2.05) is 18.2 Å². The van der Waals surface area contributed by atoms with Gasteiger partial charge in [-0.15, -0.1) is 22.7 Å². The number of anilines is 1. The van der Waals surface area contributed by atoms with Crippen LogP contribution in [-0.2, 0) is 0 Å². The Morgan fingerprint density at radius 2 is 2.06 bits per heavy atom. The lowest BCUT2D eigenvalue weighted by molar-refractivity contribution is 1.33. The predicted molar refractivity (Wildman–Crippen MR) is 80.0 cm³/mol. The fourth-order valence-corrected chi connectivity index (χ4v) is 3.80. The number of nitrogen functional groups attached to an aromatic ring is 1. The highest BCUT2D eigenvalue weighted by atomic mass is 32.1. The van der Waals surface area contributed by atoms with Gasteiger partial charge in [0.05, 0.1) is 10.7 Å². The van der Waals surface area contributed by atoms with Gasteiger partial charge in [-0.25, -0.2) is 0 Å². The van der Waals surface area contributed by atoms with Gasteiger partial charge in [0.1, 0.15) is 0 Å². The Morgan fingerprint density at radius 3 is 2.72 bits per heavy atom. The van der Waals surface area contributed by atoms with Crippen molar-refractivity contribution >= 4 is 27.7 Å². The van der Waals surface area contributed by atoms with Crippen LogP contribution in [0.5, 0.6) is 0 Å². The normalized spacial score (nSPS) is 10.7. The minimum Gasteiger partial charge on any atom is -0.390 e. The van der Waals surface area contributed by atoms with Crippen LogP contribution < -0.4 is 5.73 Å². The maximum atomic E-state index is 6.11. The summed E-state index contributed by atoms with van der Waals surface area (Å²) in [6, 6.07) is 8.05. The van der Waals surface area contributed by atoms with Gasteiger partial charge in [0, 0.05) is 27.6 Å². The molecule has 0 bridgehead atoms. The summed E-state index contributed by atoms with van der Waals surface area (Å²) in [5.74, 6) is 0. The average molecular weight is 272 g/mol. The van der Waals surface area contributed by atoms with E-state index in [1.54, 1.807) is 28.9 Å². The first kappa shape index (κ1) is 11.4. The SMILES string of the molecule is Cc1ccsc1-c1csc(N)c1-c1ccccn1. The van der Waals surface area contributed by atoms with Crippen molar-refractivity contribution in [3.05, 3.63) is 46.8 Å². The number of thiophene rings is 2. The van der Waals surface area contributed by atoms with E-state index < -0.39 is 0 Å². The Labute approximate surface area is 114 Å². The van der Waals surface area contributed by atoms with E-state index in [4.69, 9.17) is 5.73 Å². The highest BCUT2D eigenvalue weighted by Gasteiger charge is 2.16. The smallest absolute Gasteiger partial charge is 0.0958 e. The van der Waals surface area contributed by atoms with Gasteiger partial charge in [-0.05, 0) is 36.1 Å². The fraction of sp³-hybridized carbons (Fsp3) is 0.0714. The van der Waals surface area contributed by atoms with Crippen LogP contribution in [0.25, 0.3) is 21.7 Å². The molecule has 0 saturated carbocycles. The molecule has 0 aliphatic heterocycles. The first-order valence-corrected chi connectivity index (χ1v) is 7.36. The number of nitrogens with zero attached hydrogens (tertiary/aromatic N) is 1. The number of aryl methyl sites for hydroxylation is 1. The molecular weight excluding hydrogens is 260 g/mol. The van der Waals surface area contributed by atoms with Crippen LogP contribution in [0.2, 0.25) is 0 Å². The summed E-state index contributed by atoms with van der Waals surface area (Å²) < 4.78 is 0. The monoisotopic (exact) mass is 272 g/mol. The summed E-state index contributed by atoms with van der Waals surface area (Å²) >= 11 is 3.33. The van der Waals surface area contributed by atoms with Gasteiger partial charge >= 0.3 is 0 Å². The lowest BCUT2D eigenvalue weighted by Crippen LogP contribution is -1.88. The summed E-state index contributed by atoms with van der Waals surface area (Å²) in [6.45, 7) is 2.13. The van der Waals surface area contributed by atoms with Crippen molar-refractivity contribution in [3.63, 3.8) is 0 Å². The number of hydrogen-bond donors (Lipinski definition) is 1. The van der Waals surface area contributed by atoms with Crippen molar-refractivity contribution in [3.8, 4) is 21.7 Å². The van der Waals surface area contributed by atoms with Gasteiger partial charge in [-0.1, -0.05) is 6.07 Å². The van der Waals surface area contributed by atoms with E-state index in [1.165, 1.54) is 16.0 Å². The van der Waals surface area contributed by atoms with Crippen LogP contribution in [0, 0.1) is 6.92 Å². The van der Waals surface area contributed by atoms with E-state index in [2.05, 4.69) is 28.7 Å². The second-order valence-corrected chi connectivity index (χ2v) is 5.86. The summed E-state index contributed by atoms with van der Waals surface area (Å²) in [4.78, 5) is 5.69. The molecule has 0 atom stereocenters. The number of rotatable bonds is 2. The van der Waals surface area contributed by atoms with Crippen molar-refractivity contribution < 1.29 is 0 Å². The third kappa shape index (κ3) is 1.83. The third-order valence-electron chi connectivity index (χ3n) is 2.85. The standard InChI is InChI=1S/C14H12N2S2/c1-9-5-7-17-13(9)10-8-18-14(15)12(10)11-4-2-3-6-16-11/h2-8H,15H2,1H3. The van der Waals surface area contributed by atoms with E-state index >= 15 is 0 Å². The van der Waals surface area contributed by atoms with Gasteiger partial charge in [-0.3, -0.25) is 4.98 Å². The van der Waals surface area contributed by atoms with E-state index in [-0.39, 0.29) is 0 Å². The molecule has 0 aromatic carbocycles. The maximum Gasteiger partial charge on any atom is 0.0958 e. The zero-order valence-electron chi connectivity index (χ0n) is 9.88. The zero-order chi connectivity index (χ0) is 12.5. The molecule has 3 rings (SSSR count). The molecule has 3 aromatic rings. The Hall–Kier alpha value is -1.65. The molecule has 0 fully saturated rings. The molecule has 3 aromatic heterocycles. The largest absolute Gasteiger partial charge is 0.390 e. The van der Waals surface area contributed by atoms with Crippen molar-refractivity contribution in [1.29, 1.82) is 0 Å². The molecule has 0 radical (unpaired) electrons. The van der Waals surface area contributed by atoms with Crippen molar-refractivity contribution in [2.45, 2.75) is 6.92 Å². The molecule has 18 heavy (non-hydrogen) atoms. The second kappa shape index (κ2) is 4.55. The second-order valence-electron chi connectivity index (χ2n) is 4.04. The molecule has 90 valence electrons. The minimum absolute atomic E-state index is 0.830. The molecule has 3 heterocycles. The van der Waals surface area contributed by atoms with Crippen molar-refractivity contribution in [2.75, 3.05) is 5.73 Å². The van der Waals surface area contributed by atoms with Crippen molar-refractivity contribution in [2.24, 2.45) is 0 Å². The molecule has 0 amide bonds. The molecule has 0 spiro atoms. The predicted octanol–water partition coefficient (Wildman–Crippen LogP) is 4.43. The van der Waals surface area contributed by atoms with Crippen LogP contribution in [0.1, 0.15) is 5.56 Å². The minimum atomic E-state index is 0.830. The molecule has 2 N–H and O–H groups in total. The molecule has 0 aliphatic carbocycles. The number of pyridine rings is 1. The first-order valence-electron chi connectivity index (χ1n) is 5.60. The summed E-state index contributed by atoms with van der Waals surface area (Å²) in [5, 5.41) is 5.07. The van der Waals surface area contributed by atoms with Crippen LogP contribution in [0.4, 0.5) is 5.00 Å². The number of aromatic nitrogens is 1. The topological polar surface area (TPSA) is 38.9 Å². The van der Waals surface area contributed by atoms with Crippen LogP contribution in [-0.4, -0.2) is 4.98 Å². The van der Waals surface area contributed by atoms with Gasteiger partial charge in [0.25, 0.3) is 0 Å². The molecule has 0 unspecified atom stereocenters. The highest BCUT2D eigenvalue weighted by Crippen LogP contribution is 2.43. The van der Waals surface area contributed by atoms with Crippen molar-refractivity contribution in [1.82, 2.24) is 4.98 Å². The Morgan fingerprint density at radius 1 is 1.17 bits per heavy atom. The molecular formula is C14H12N2S2. The van der Waals surface area contributed by atoms with Crippen LogP contribution >= 0.6 is 22.7 Å². The lowest BCUT2D eigenvalue weighted by Gasteiger charge is -2.04. The number of nitrogens with two attached hydrogens (primary N) is 1. The van der Waals surface area contributed by atoms with Gasteiger partial charge < -0.3 is 5.73 Å². The average Bonchev–Trinajstić information content (AvgIpc) is 2.96. The Kier molecular flexibility index (Phi) is 2.89. The Bertz CT molecular complexity index is 668.